The summed E-state index contributed by atoms with van der Waals surface area (Å²) < 4.78 is 1.69. The summed E-state index contributed by atoms with van der Waals surface area (Å²) in [5.74, 6) is 1.33. The number of likely N-dealkylation sites (tertiary alicyclic amines) is 1. The Morgan fingerprint density at radius 3 is 2.80 bits per heavy atom. The van der Waals surface area contributed by atoms with Crippen LogP contribution in [-0.2, 0) is 11.3 Å². The van der Waals surface area contributed by atoms with E-state index in [1.54, 1.807) is 28.0 Å². The third kappa shape index (κ3) is 3.38. The molecule has 0 aliphatic carbocycles. The minimum absolute atomic E-state index is 0.0445. The largest absolute Gasteiger partial charge is 0.357 e. The van der Waals surface area contributed by atoms with Crippen molar-refractivity contribution in [1.82, 2.24) is 24.7 Å². The van der Waals surface area contributed by atoms with Crippen LogP contribution < -0.4 is 5.32 Å². The predicted molar refractivity (Wildman–Crippen MR) is 113 cm³/mol. The van der Waals surface area contributed by atoms with Gasteiger partial charge in [-0.25, -0.2) is 0 Å². The van der Waals surface area contributed by atoms with Gasteiger partial charge in [-0.2, -0.15) is 21.1 Å². The molecule has 0 spiro atoms. The number of carbonyl (C=O) groups is 1. The fourth-order valence-electron chi connectivity index (χ4n) is 3.55. The second-order valence-electron chi connectivity index (χ2n) is 7.08. The van der Waals surface area contributed by atoms with Crippen molar-refractivity contribution in [1.29, 1.82) is 5.26 Å². The van der Waals surface area contributed by atoms with Crippen LogP contribution in [0.2, 0.25) is 0 Å². The standard InChI is InChI=1S/C21H17N7OS/c22-11-14-1-3-15(4-2-14)12-27-9-7-17(21(27)29)23-18-5-6-19-24-25-20(28(19)26-18)16-8-10-30-13-16/h1-6,8,10,13,17H,7,9,12H2,(H,23,26). The van der Waals surface area contributed by atoms with Gasteiger partial charge in [0.1, 0.15) is 11.9 Å². The average Bonchev–Trinajstić information content (AvgIpc) is 3.51. The summed E-state index contributed by atoms with van der Waals surface area (Å²) in [5.41, 5.74) is 3.24. The van der Waals surface area contributed by atoms with Gasteiger partial charge in [0, 0.05) is 24.0 Å². The molecule has 3 aromatic heterocycles. The van der Waals surface area contributed by atoms with E-state index in [1.807, 2.05) is 46.0 Å². The highest BCUT2D eigenvalue weighted by Crippen LogP contribution is 2.22. The number of aromatic nitrogens is 4. The second kappa shape index (κ2) is 7.57. The zero-order valence-electron chi connectivity index (χ0n) is 15.9. The molecule has 5 rings (SSSR count). The van der Waals surface area contributed by atoms with Gasteiger partial charge in [0.2, 0.25) is 5.91 Å². The van der Waals surface area contributed by atoms with E-state index in [1.165, 1.54) is 0 Å². The maximum atomic E-state index is 12.9. The lowest BCUT2D eigenvalue weighted by molar-refractivity contribution is -0.128. The molecule has 1 unspecified atom stereocenters. The van der Waals surface area contributed by atoms with E-state index in [0.29, 0.717) is 42.4 Å². The first-order valence-electron chi connectivity index (χ1n) is 9.51. The number of nitrogens with one attached hydrogen (secondary N) is 1. The van der Waals surface area contributed by atoms with Crippen LogP contribution in [0.3, 0.4) is 0 Å². The molecule has 1 aliphatic rings. The quantitative estimate of drug-likeness (QED) is 0.538. The Morgan fingerprint density at radius 2 is 2.03 bits per heavy atom. The van der Waals surface area contributed by atoms with Gasteiger partial charge in [-0.05, 0) is 47.7 Å². The fraction of sp³-hybridized carbons (Fsp3) is 0.190. The first kappa shape index (κ1) is 18.3. The number of rotatable bonds is 5. The van der Waals surface area contributed by atoms with Crippen molar-refractivity contribution in [3.05, 3.63) is 64.4 Å². The number of fused-ring (bicyclic) bond motifs is 1. The molecule has 148 valence electrons. The summed E-state index contributed by atoms with van der Waals surface area (Å²) in [5, 5.41) is 29.2. The molecule has 1 amide bonds. The van der Waals surface area contributed by atoms with Gasteiger partial charge in [-0.1, -0.05) is 12.1 Å². The minimum Gasteiger partial charge on any atom is -0.357 e. The molecule has 4 aromatic rings. The third-order valence-corrected chi connectivity index (χ3v) is 5.80. The van der Waals surface area contributed by atoms with Gasteiger partial charge < -0.3 is 10.2 Å². The molecule has 1 atom stereocenters. The molecule has 30 heavy (non-hydrogen) atoms. The van der Waals surface area contributed by atoms with Gasteiger partial charge in [0.05, 0.1) is 11.6 Å². The lowest BCUT2D eigenvalue weighted by atomic mass is 10.1. The van der Waals surface area contributed by atoms with Crippen LogP contribution in [0.15, 0.2) is 53.2 Å². The Morgan fingerprint density at radius 1 is 1.17 bits per heavy atom. The highest BCUT2D eigenvalue weighted by atomic mass is 32.1. The van der Waals surface area contributed by atoms with E-state index in [-0.39, 0.29) is 11.9 Å². The lowest BCUT2D eigenvalue weighted by Gasteiger charge is -2.17. The molecule has 1 fully saturated rings. The first-order valence-corrected chi connectivity index (χ1v) is 10.4. The van der Waals surface area contributed by atoms with Crippen LogP contribution in [0, 0.1) is 11.3 Å². The molecule has 9 heteroatoms. The lowest BCUT2D eigenvalue weighted by Crippen LogP contribution is -2.33. The Kier molecular flexibility index (Phi) is 4.61. The summed E-state index contributed by atoms with van der Waals surface area (Å²) >= 11 is 1.59. The van der Waals surface area contributed by atoms with E-state index in [2.05, 4.69) is 26.7 Å². The zero-order chi connectivity index (χ0) is 20.5. The summed E-state index contributed by atoms with van der Waals surface area (Å²) in [7, 11) is 0. The number of carbonyl (C=O) groups excluding carboxylic acids is 1. The average molecular weight is 415 g/mol. The topological polar surface area (TPSA) is 99.2 Å². The summed E-state index contributed by atoms with van der Waals surface area (Å²) in [4.78, 5) is 14.7. The molecular weight excluding hydrogens is 398 g/mol. The number of nitriles is 1. The Labute approximate surface area is 176 Å². The zero-order valence-corrected chi connectivity index (χ0v) is 16.7. The molecule has 0 saturated carbocycles. The van der Waals surface area contributed by atoms with Gasteiger partial charge in [0.15, 0.2) is 11.5 Å². The first-order chi connectivity index (χ1) is 14.7. The van der Waals surface area contributed by atoms with E-state index in [9.17, 15) is 4.79 Å². The van der Waals surface area contributed by atoms with Crippen LogP contribution in [0.4, 0.5) is 5.82 Å². The molecule has 8 nitrogen and oxygen atoms in total. The maximum Gasteiger partial charge on any atom is 0.245 e. The van der Waals surface area contributed by atoms with Gasteiger partial charge in [-0.3, -0.25) is 4.79 Å². The third-order valence-electron chi connectivity index (χ3n) is 5.12. The monoisotopic (exact) mass is 415 g/mol. The Hall–Kier alpha value is -3.77. The van der Waals surface area contributed by atoms with Crippen molar-refractivity contribution in [2.24, 2.45) is 0 Å². The summed E-state index contributed by atoms with van der Waals surface area (Å²) in [6, 6.07) is 14.7. The highest BCUT2D eigenvalue weighted by molar-refractivity contribution is 7.08. The number of nitrogens with zero attached hydrogens (tertiary/aromatic N) is 6. The normalized spacial score (nSPS) is 16.2. The number of anilines is 1. The Bertz CT molecular complexity index is 1240. The smallest absolute Gasteiger partial charge is 0.245 e. The molecule has 0 bridgehead atoms. The molecule has 1 aliphatic heterocycles. The van der Waals surface area contributed by atoms with E-state index in [0.717, 1.165) is 11.1 Å². The highest BCUT2D eigenvalue weighted by Gasteiger charge is 2.31. The minimum atomic E-state index is -0.325. The molecule has 1 saturated heterocycles. The number of thiophene rings is 1. The summed E-state index contributed by atoms with van der Waals surface area (Å²) in [6.45, 7) is 1.20. The molecule has 0 radical (unpaired) electrons. The van der Waals surface area contributed by atoms with Crippen LogP contribution in [0.5, 0.6) is 0 Å². The van der Waals surface area contributed by atoms with Crippen molar-refractivity contribution in [3.8, 4) is 17.5 Å². The van der Waals surface area contributed by atoms with Crippen molar-refractivity contribution in [2.75, 3.05) is 11.9 Å². The van der Waals surface area contributed by atoms with E-state index in [4.69, 9.17) is 5.26 Å². The van der Waals surface area contributed by atoms with E-state index < -0.39 is 0 Å². The SMILES string of the molecule is N#Cc1ccc(CN2CCC(Nc3ccc4nnc(-c5ccsc5)n4n3)C2=O)cc1. The van der Waals surface area contributed by atoms with Crippen molar-refractivity contribution in [3.63, 3.8) is 0 Å². The Balaban J connectivity index is 1.31. The van der Waals surface area contributed by atoms with Gasteiger partial charge in [-0.15, -0.1) is 15.3 Å². The van der Waals surface area contributed by atoms with E-state index >= 15 is 0 Å². The van der Waals surface area contributed by atoms with Crippen molar-refractivity contribution < 1.29 is 4.79 Å². The van der Waals surface area contributed by atoms with Crippen LogP contribution in [0.1, 0.15) is 17.5 Å². The molecule has 1 N–H and O–H groups in total. The second-order valence-corrected chi connectivity index (χ2v) is 7.86. The van der Waals surface area contributed by atoms with Crippen LogP contribution >= 0.6 is 11.3 Å². The van der Waals surface area contributed by atoms with Crippen LogP contribution in [-0.4, -0.2) is 43.2 Å². The summed E-state index contributed by atoms with van der Waals surface area (Å²) in [6.07, 6.45) is 0.703. The fourth-order valence-corrected chi connectivity index (χ4v) is 4.19. The number of hydrogen-bond donors (Lipinski definition) is 1. The molecule has 4 heterocycles. The number of hydrogen-bond acceptors (Lipinski definition) is 7. The number of amides is 1. The predicted octanol–water partition coefficient (Wildman–Crippen LogP) is 2.94. The maximum absolute atomic E-state index is 12.9. The van der Waals surface area contributed by atoms with Crippen molar-refractivity contribution in [2.45, 2.75) is 19.0 Å². The molecular formula is C21H17N7OS. The van der Waals surface area contributed by atoms with Crippen LogP contribution in [0.25, 0.3) is 17.0 Å². The van der Waals surface area contributed by atoms with Gasteiger partial charge in [0.25, 0.3) is 0 Å². The van der Waals surface area contributed by atoms with Gasteiger partial charge >= 0.3 is 0 Å². The number of benzene rings is 1. The van der Waals surface area contributed by atoms with Crippen molar-refractivity contribution >= 4 is 28.7 Å². The molecule has 1 aromatic carbocycles.